The van der Waals surface area contributed by atoms with Gasteiger partial charge in [-0.2, -0.15) is 0 Å². The van der Waals surface area contributed by atoms with Gasteiger partial charge in [-0.25, -0.2) is 13.1 Å². The predicted molar refractivity (Wildman–Crippen MR) is 89.3 cm³/mol. The molecule has 1 aromatic heterocycles. The molecule has 0 atom stereocenters. The summed E-state index contributed by atoms with van der Waals surface area (Å²) in [6.45, 7) is 0.607. The van der Waals surface area contributed by atoms with Crippen LogP contribution in [0.3, 0.4) is 0 Å². The number of halogens is 1. The lowest BCUT2D eigenvalue weighted by Gasteiger charge is -2.25. The number of hydrogen-bond acceptors (Lipinski definition) is 5. The Bertz CT molecular complexity index is 818. The minimum absolute atomic E-state index is 0.0458. The number of sulfonamides is 1. The maximum atomic E-state index is 12.6. The molecule has 0 bridgehead atoms. The number of benzene rings is 1. The van der Waals surface area contributed by atoms with Crippen LogP contribution in [0.2, 0.25) is 5.02 Å². The van der Waals surface area contributed by atoms with E-state index in [2.05, 4.69) is 15.0 Å². The molecular weight excluding hydrogens is 352 g/mol. The quantitative estimate of drug-likeness (QED) is 0.806. The third-order valence-electron chi connectivity index (χ3n) is 4.15. The zero-order valence-electron chi connectivity index (χ0n) is 13.3. The third-order valence-corrected chi connectivity index (χ3v) is 5.80. The zero-order chi connectivity index (χ0) is 17.2. The summed E-state index contributed by atoms with van der Waals surface area (Å²) in [6.07, 6.45) is 4.97. The highest BCUT2D eigenvalue weighted by molar-refractivity contribution is 7.89. The summed E-state index contributed by atoms with van der Waals surface area (Å²) in [5, 5.41) is 7.84. The SMILES string of the molecule is Cn1nncc1CNS(=O)(=O)c1cc(Cl)ccc1OCC1CCC1. The van der Waals surface area contributed by atoms with Crippen molar-refractivity contribution in [2.24, 2.45) is 13.0 Å². The molecule has 130 valence electrons. The first kappa shape index (κ1) is 17.2. The highest BCUT2D eigenvalue weighted by Gasteiger charge is 2.23. The standard InChI is InChI=1S/C15H19ClN4O3S/c1-20-13(8-17-19-20)9-18-24(21,22)15-7-12(16)5-6-14(15)23-10-11-3-2-4-11/h5-8,11,18H,2-4,9-10H2,1H3. The van der Waals surface area contributed by atoms with Crippen LogP contribution in [0.25, 0.3) is 0 Å². The first-order valence-corrected chi connectivity index (χ1v) is 9.57. The summed E-state index contributed by atoms with van der Waals surface area (Å²) in [5.41, 5.74) is 0.650. The Morgan fingerprint density at radius 2 is 2.21 bits per heavy atom. The van der Waals surface area contributed by atoms with Crippen LogP contribution >= 0.6 is 11.6 Å². The fourth-order valence-corrected chi connectivity index (χ4v) is 3.80. The number of ether oxygens (including phenoxy) is 1. The molecule has 0 radical (unpaired) electrons. The lowest BCUT2D eigenvalue weighted by atomic mass is 9.86. The van der Waals surface area contributed by atoms with E-state index in [9.17, 15) is 8.42 Å². The van der Waals surface area contributed by atoms with Crippen LogP contribution in [0.15, 0.2) is 29.3 Å². The van der Waals surface area contributed by atoms with Crippen molar-refractivity contribution in [1.29, 1.82) is 0 Å². The van der Waals surface area contributed by atoms with Gasteiger partial charge in [-0.15, -0.1) is 5.10 Å². The van der Waals surface area contributed by atoms with E-state index in [0.29, 0.717) is 29.0 Å². The van der Waals surface area contributed by atoms with Gasteiger partial charge in [0, 0.05) is 12.1 Å². The Hall–Kier alpha value is -1.64. The minimum atomic E-state index is -3.77. The van der Waals surface area contributed by atoms with E-state index in [1.165, 1.54) is 23.4 Å². The Balaban J connectivity index is 1.77. The molecule has 1 aliphatic rings. The average Bonchev–Trinajstić information content (AvgIpc) is 2.90. The van der Waals surface area contributed by atoms with Crippen molar-refractivity contribution >= 4 is 21.6 Å². The van der Waals surface area contributed by atoms with Gasteiger partial charge >= 0.3 is 0 Å². The maximum Gasteiger partial charge on any atom is 0.244 e. The lowest BCUT2D eigenvalue weighted by Crippen LogP contribution is -2.26. The van der Waals surface area contributed by atoms with Crippen molar-refractivity contribution in [2.75, 3.05) is 6.61 Å². The van der Waals surface area contributed by atoms with E-state index in [0.717, 1.165) is 12.8 Å². The monoisotopic (exact) mass is 370 g/mol. The molecule has 1 saturated carbocycles. The van der Waals surface area contributed by atoms with Gasteiger partial charge in [0.15, 0.2) is 0 Å². The topological polar surface area (TPSA) is 86.1 Å². The van der Waals surface area contributed by atoms with Gasteiger partial charge in [-0.3, -0.25) is 4.68 Å². The van der Waals surface area contributed by atoms with Gasteiger partial charge in [0.2, 0.25) is 10.0 Å². The summed E-state index contributed by atoms with van der Waals surface area (Å²) in [4.78, 5) is 0.0458. The van der Waals surface area contributed by atoms with E-state index in [-0.39, 0.29) is 11.4 Å². The number of aryl methyl sites for hydroxylation is 1. The van der Waals surface area contributed by atoms with Crippen molar-refractivity contribution in [3.05, 3.63) is 35.1 Å². The number of nitrogens with one attached hydrogen (secondary N) is 1. The van der Waals surface area contributed by atoms with Crippen LogP contribution in [0, 0.1) is 5.92 Å². The Labute approximate surface area is 146 Å². The van der Waals surface area contributed by atoms with Gasteiger partial charge in [-0.05, 0) is 37.0 Å². The third kappa shape index (κ3) is 3.88. The van der Waals surface area contributed by atoms with Gasteiger partial charge in [0.1, 0.15) is 10.6 Å². The molecule has 1 aromatic carbocycles. The number of aromatic nitrogens is 3. The molecule has 0 spiro atoms. The summed E-state index contributed by atoms with van der Waals surface area (Å²) < 4.78 is 35.1. The summed E-state index contributed by atoms with van der Waals surface area (Å²) in [6, 6.07) is 4.63. The highest BCUT2D eigenvalue weighted by Crippen LogP contribution is 2.31. The molecule has 1 heterocycles. The lowest BCUT2D eigenvalue weighted by molar-refractivity contribution is 0.177. The van der Waals surface area contributed by atoms with Crippen molar-refractivity contribution < 1.29 is 13.2 Å². The molecule has 1 N–H and O–H groups in total. The number of rotatable bonds is 7. The molecule has 0 unspecified atom stereocenters. The number of nitrogens with zero attached hydrogens (tertiary/aromatic N) is 3. The second-order valence-corrected chi connectivity index (χ2v) is 8.04. The molecule has 7 nitrogen and oxygen atoms in total. The molecule has 9 heteroatoms. The van der Waals surface area contributed by atoms with E-state index >= 15 is 0 Å². The van der Waals surface area contributed by atoms with E-state index in [4.69, 9.17) is 16.3 Å². The van der Waals surface area contributed by atoms with E-state index < -0.39 is 10.0 Å². The molecule has 0 saturated heterocycles. The Kier molecular flexibility index (Phi) is 5.07. The van der Waals surface area contributed by atoms with E-state index in [1.807, 2.05) is 0 Å². The van der Waals surface area contributed by atoms with Gasteiger partial charge < -0.3 is 4.74 Å². The van der Waals surface area contributed by atoms with Crippen molar-refractivity contribution in [3.8, 4) is 5.75 Å². The average molecular weight is 371 g/mol. The van der Waals surface area contributed by atoms with Gasteiger partial charge in [0.25, 0.3) is 0 Å². The minimum Gasteiger partial charge on any atom is -0.492 e. The molecule has 24 heavy (non-hydrogen) atoms. The first-order valence-electron chi connectivity index (χ1n) is 7.71. The fraction of sp³-hybridized carbons (Fsp3) is 0.467. The molecule has 0 aliphatic heterocycles. The normalized spacial score (nSPS) is 15.2. The van der Waals surface area contributed by atoms with Crippen molar-refractivity contribution in [2.45, 2.75) is 30.7 Å². The van der Waals surface area contributed by atoms with Gasteiger partial charge in [0.05, 0.1) is 25.0 Å². The summed E-state index contributed by atoms with van der Waals surface area (Å²) >= 11 is 5.98. The largest absolute Gasteiger partial charge is 0.492 e. The first-order chi connectivity index (χ1) is 11.5. The zero-order valence-corrected chi connectivity index (χ0v) is 14.8. The van der Waals surface area contributed by atoms with Gasteiger partial charge in [-0.1, -0.05) is 23.2 Å². The summed E-state index contributed by atoms with van der Waals surface area (Å²) in [7, 11) is -2.07. The van der Waals surface area contributed by atoms with Crippen LogP contribution in [-0.2, 0) is 23.6 Å². The second kappa shape index (κ2) is 7.08. The van der Waals surface area contributed by atoms with E-state index in [1.54, 1.807) is 19.2 Å². The fourth-order valence-electron chi connectivity index (χ4n) is 2.40. The Morgan fingerprint density at radius 3 is 2.83 bits per heavy atom. The van der Waals surface area contributed by atoms with Crippen LogP contribution in [0.1, 0.15) is 25.0 Å². The maximum absolute atomic E-state index is 12.6. The van der Waals surface area contributed by atoms with Crippen molar-refractivity contribution in [3.63, 3.8) is 0 Å². The van der Waals surface area contributed by atoms with Crippen LogP contribution in [0.4, 0.5) is 0 Å². The molecule has 1 aliphatic carbocycles. The van der Waals surface area contributed by atoms with Crippen LogP contribution in [0.5, 0.6) is 5.75 Å². The molecule has 1 fully saturated rings. The molecule has 2 aromatic rings. The number of hydrogen-bond donors (Lipinski definition) is 1. The molecule has 0 amide bonds. The van der Waals surface area contributed by atoms with Crippen molar-refractivity contribution in [1.82, 2.24) is 19.7 Å². The van der Waals surface area contributed by atoms with Crippen LogP contribution < -0.4 is 9.46 Å². The smallest absolute Gasteiger partial charge is 0.244 e. The predicted octanol–water partition coefficient (Wildman–Crippen LogP) is 2.13. The highest BCUT2D eigenvalue weighted by atomic mass is 35.5. The second-order valence-electron chi connectivity index (χ2n) is 5.87. The Morgan fingerprint density at radius 1 is 1.42 bits per heavy atom. The van der Waals surface area contributed by atoms with Crippen LogP contribution in [-0.4, -0.2) is 30.0 Å². The molecule has 3 rings (SSSR count). The molecular formula is C15H19ClN4O3S. The summed E-state index contributed by atoms with van der Waals surface area (Å²) in [5.74, 6) is 0.826.